The number of hydrogen-bond acceptors (Lipinski definition) is 7. The zero-order chi connectivity index (χ0) is 13.4. The Balaban J connectivity index is 2.39. The molecule has 0 amide bonds. The lowest BCUT2D eigenvalue weighted by molar-refractivity contribution is 0.163. The van der Waals surface area contributed by atoms with Crippen molar-refractivity contribution >= 4 is 27.6 Å². The molecule has 0 unspecified atom stereocenters. The molecular weight excluding hydrogens is 300 g/mol. The van der Waals surface area contributed by atoms with Crippen molar-refractivity contribution < 1.29 is 4.74 Å². The average Bonchev–Trinajstić information content (AvgIpc) is 2.38. The Morgan fingerprint density at radius 1 is 1.39 bits per heavy atom. The first-order chi connectivity index (χ1) is 8.69. The minimum Gasteiger partial charge on any atom is -0.383 e. The number of hydrazine groups is 1. The fourth-order valence-corrected chi connectivity index (χ4v) is 1.78. The minimum atomic E-state index is 0.556. The fourth-order valence-electron chi connectivity index (χ4n) is 1.32. The third kappa shape index (κ3) is 4.73. The van der Waals surface area contributed by atoms with Crippen LogP contribution in [0.15, 0.2) is 10.8 Å². The van der Waals surface area contributed by atoms with E-state index in [4.69, 9.17) is 10.6 Å². The molecule has 0 spiro atoms. The molecule has 1 heterocycles. The van der Waals surface area contributed by atoms with Crippen LogP contribution in [-0.2, 0) is 4.74 Å². The summed E-state index contributed by atoms with van der Waals surface area (Å²) >= 11 is 3.39. The summed E-state index contributed by atoms with van der Waals surface area (Å²) in [4.78, 5) is 10.3. The molecule has 102 valence electrons. The topological polar surface area (TPSA) is 88.3 Å². The second-order valence-electron chi connectivity index (χ2n) is 3.75. The lowest BCUT2D eigenvalue weighted by Gasteiger charge is -2.17. The van der Waals surface area contributed by atoms with Gasteiger partial charge in [0.25, 0.3) is 0 Å². The van der Waals surface area contributed by atoms with Gasteiger partial charge in [-0.2, -0.15) is 0 Å². The molecule has 0 bridgehead atoms. The van der Waals surface area contributed by atoms with E-state index in [2.05, 4.69) is 41.5 Å². The summed E-state index contributed by atoms with van der Waals surface area (Å²) in [6.45, 7) is 3.30. The molecule has 0 saturated carbocycles. The van der Waals surface area contributed by atoms with Gasteiger partial charge in [-0.3, -0.25) is 0 Å². The van der Waals surface area contributed by atoms with Crippen LogP contribution >= 0.6 is 15.9 Å². The highest BCUT2D eigenvalue weighted by atomic mass is 79.9. The second-order valence-corrected chi connectivity index (χ2v) is 4.55. The van der Waals surface area contributed by atoms with Crippen molar-refractivity contribution in [3.05, 3.63) is 10.8 Å². The second kappa shape index (κ2) is 8.20. The first kappa shape index (κ1) is 15.1. The van der Waals surface area contributed by atoms with Gasteiger partial charge in [0.1, 0.15) is 16.6 Å². The van der Waals surface area contributed by atoms with E-state index < -0.39 is 0 Å². The number of nitrogens with zero attached hydrogens (tertiary/aromatic N) is 3. The first-order valence-electron chi connectivity index (χ1n) is 5.57. The van der Waals surface area contributed by atoms with Crippen LogP contribution < -0.4 is 16.6 Å². The number of rotatable bonds is 8. The molecule has 1 aromatic rings. The van der Waals surface area contributed by atoms with Crippen LogP contribution in [-0.4, -0.2) is 55.3 Å². The number of likely N-dealkylation sites (N-methyl/N-ethyl adjacent to an activating group) is 1. The van der Waals surface area contributed by atoms with Gasteiger partial charge in [0.05, 0.1) is 6.61 Å². The summed E-state index contributed by atoms with van der Waals surface area (Å²) in [6.07, 6.45) is 1.46. The minimum absolute atomic E-state index is 0.556. The predicted molar refractivity (Wildman–Crippen MR) is 75.4 cm³/mol. The summed E-state index contributed by atoms with van der Waals surface area (Å²) in [7, 11) is 3.74. The van der Waals surface area contributed by atoms with Crippen molar-refractivity contribution in [3.63, 3.8) is 0 Å². The normalized spacial score (nSPS) is 10.7. The predicted octanol–water partition coefficient (Wildman–Crippen LogP) is 0.515. The Labute approximate surface area is 115 Å². The van der Waals surface area contributed by atoms with Crippen LogP contribution in [0, 0.1) is 0 Å². The van der Waals surface area contributed by atoms with E-state index in [1.807, 2.05) is 7.05 Å². The summed E-state index contributed by atoms with van der Waals surface area (Å²) < 4.78 is 5.74. The molecule has 0 saturated heterocycles. The number of nitrogen functional groups attached to an aromatic ring is 1. The van der Waals surface area contributed by atoms with E-state index in [-0.39, 0.29) is 0 Å². The maximum Gasteiger partial charge on any atom is 0.159 e. The van der Waals surface area contributed by atoms with Crippen molar-refractivity contribution in [1.29, 1.82) is 0 Å². The molecule has 0 aliphatic heterocycles. The lowest BCUT2D eigenvalue weighted by atomic mass is 10.4. The van der Waals surface area contributed by atoms with Gasteiger partial charge >= 0.3 is 0 Å². The highest BCUT2D eigenvalue weighted by Gasteiger charge is 2.07. The third-order valence-electron chi connectivity index (χ3n) is 2.39. The number of nitrogens with two attached hydrogens (primary N) is 1. The van der Waals surface area contributed by atoms with Crippen molar-refractivity contribution in [2.75, 3.05) is 51.1 Å². The Hall–Kier alpha value is -0.960. The van der Waals surface area contributed by atoms with E-state index in [0.29, 0.717) is 5.82 Å². The monoisotopic (exact) mass is 318 g/mol. The molecule has 7 nitrogen and oxygen atoms in total. The molecule has 0 aromatic carbocycles. The molecular formula is C10H19BrN6O. The molecule has 0 aliphatic rings. The van der Waals surface area contributed by atoms with Gasteiger partial charge in [0.2, 0.25) is 0 Å². The summed E-state index contributed by atoms with van der Waals surface area (Å²) in [5.74, 6) is 6.61. The summed E-state index contributed by atoms with van der Waals surface area (Å²) in [5, 5.41) is 3.22. The molecule has 0 radical (unpaired) electrons. The highest BCUT2D eigenvalue weighted by Crippen LogP contribution is 2.25. The molecule has 0 fully saturated rings. The molecule has 18 heavy (non-hydrogen) atoms. The fraction of sp³-hybridized carbons (Fsp3) is 0.600. The Kier molecular flexibility index (Phi) is 6.88. The van der Waals surface area contributed by atoms with Gasteiger partial charge in [-0.15, -0.1) is 0 Å². The van der Waals surface area contributed by atoms with Crippen LogP contribution in [0.5, 0.6) is 0 Å². The zero-order valence-corrected chi connectivity index (χ0v) is 12.2. The van der Waals surface area contributed by atoms with Gasteiger partial charge < -0.3 is 20.4 Å². The average molecular weight is 319 g/mol. The summed E-state index contributed by atoms with van der Waals surface area (Å²) in [6, 6.07) is 0. The quantitative estimate of drug-likeness (QED) is 0.475. The largest absolute Gasteiger partial charge is 0.383 e. The lowest BCUT2D eigenvalue weighted by Crippen LogP contribution is -2.28. The van der Waals surface area contributed by atoms with Crippen molar-refractivity contribution in [2.24, 2.45) is 5.84 Å². The van der Waals surface area contributed by atoms with Gasteiger partial charge in [-0.25, -0.2) is 15.8 Å². The van der Waals surface area contributed by atoms with E-state index >= 15 is 0 Å². The third-order valence-corrected chi connectivity index (χ3v) is 3.14. The van der Waals surface area contributed by atoms with Gasteiger partial charge in [0.15, 0.2) is 5.82 Å². The SMILES string of the molecule is COCCN(C)CCNc1ncnc(NN)c1Br. The number of ether oxygens (including phenoxy) is 1. The van der Waals surface area contributed by atoms with E-state index in [0.717, 1.165) is 36.5 Å². The molecule has 0 aliphatic carbocycles. The van der Waals surface area contributed by atoms with Gasteiger partial charge in [-0.1, -0.05) is 0 Å². The number of aromatic nitrogens is 2. The zero-order valence-electron chi connectivity index (χ0n) is 10.6. The standard InChI is InChI=1S/C10H19BrN6O/c1-17(5-6-18-2)4-3-13-9-8(11)10(16-12)15-7-14-9/h7H,3-6,12H2,1-2H3,(H2,13,14,15,16). The molecule has 8 heteroatoms. The van der Waals surface area contributed by atoms with Crippen LogP contribution in [0.4, 0.5) is 11.6 Å². The first-order valence-corrected chi connectivity index (χ1v) is 6.36. The van der Waals surface area contributed by atoms with Gasteiger partial charge in [0, 0.05) is 26.7 Å². The smallest absolute Gasteiger partial charge is 0.159 e. The molecule has 4 N–H and O–H groups in total. The number of halogens is 1. The van der Waals surface area contributed by atoms with Crippen LogP contribution in [0.3, 0.4) is 0 Å². The van der Waals surface area contributed by atoms with Crippen molar-refractivity contribution in [1.82, 2.24) is 14.9 Å². The maximum atomic E-state index is 5.33. The molecule has 1 rings (SSSR count). The van der Waals surface area contributed by atoms with Crippen LogP contribution in [0.25, 0.3) is 0 Å². The number of hydrogen-bond donors (Lipinski definition) is 3. The van der Waals surface area contributed by atoms with E-state index in [1.54, 1.807) is 7.11 Å². The number of anilines is 2. The Bertz CT molecular complexity index is 364. The highest BCUT2D eigenvalue weighted by molar-refractivity contribution is 9.10. The maximum absolute atomic E-state index is 5.33. The number of methoxy groups -OCH3 is 1. The molecule has 0 atom stereocenters. The van der Waals surface area contributed by atoms with Crippen molar-refractivity contribution in [3.8, 4) is 0 Å². The van der Waals surface area contributed by atoms with Crippen LogP contribution in [0.2, 0.25) is 0 Å². The van der Waals surface area contributed by atoms with E-state index in [1.165, 1.54) is 6.33 Å². The van der Waals surface area contributed by atoms with Crippen molar-refractivity contribution in [2.45, 2.75) is 0 Å². The van der Waals surface area contributed by atoms with Crippen LogP contribution in [0.1, 0.15) is 0 Å². The summed E-state index contributed by atoms with van der Waals surface area (Å²) in [5.41, 5.74) is 2.50. The molecule has 1 aromatic heterocycles. The Morgan fingerprint density at radius 2 is 2.11 bits per heavy atom. The van der Waals surface area contributed by atoms with Gasteiger partial charge in [-0.05, 0) is 23.0 Å². The van der Waals surface area contributed by atoms with E-state index in [9.17, 15) is 0 Å². The number of nitrogens with one attached hydrogen (secondary N) is 2. The Morgan fingerprint density at radius 3 is 2.78 bits per heavy atom.